The summed E-state index contributed by atoms with van der Waals surface area (Å²) in [6.07, 6.45) is 2.29. The summed E-state index contributed by atoms with van der Waals surface area (Å²) >= 11 is 0. The van der Waals surface area contributed by atoms with Crippen molar-refractivity contribution in [1.82, 2.24) is 4.98 Å². The molecule has 0 bridgehead atoms. The number of rotatable bonds is 5. The van der Waals surface area contributed by atoms with E-state index in [1.807, 2.05) is 0 Å². The molecule has 7 nitrogen and oxygen atoms in total. The molecule has 0 atom stereocenters. The summed E-state index contributed by atoms with van der Waals surface area (Å²) in [6.45, 7) is 0. The molecule has 0 aliphatic carbocycles. The van der Waals surface area contributed by atoms with Gasteiger partial charge in [-0.1, -0.05) is 12.1 Å². The van der Waals surface area contributed by atoms with E-state index in [0.29, 0.717) is 5.56 Å². The number of hydrogen-bond acceptors (Lipinski definition) is 5. The highest BCUT2D eigenvalue weighted by Gasteiger charge is 2.15. The summed E-state index contributed by atoms with van der Waals surface area (Å²) < 4.78 is 5.02. The zero-order valence-electron chi connectivity index (χ0n) is 11.2. The average molecular weight is 301 g/mol. The minimum atomic E-state index is -1.21. The van der Waals surface area contributed by atoms with E-state index in [2.05, 4.69) is 4.98 Å². The fourth-order valence-electron chi connectivity index (χ4n) is 1.76. The Morgan fingerprint density at radius 3 is 2.45 bits per heavy atom. The first-order valence-corrected chi connectivity index (χ1v) is 6.17. The second-order valence-electron chi connectivity index (χ2n) is 4.34. The normalized spacial score (nSPS) is 10.0. The van der Waals surface area contributed by atoms with Gasteiger partial charge in [0.25, 0.3) is 0 Å². The van der Waals surface area contributed by atoms with Crippen LogP contribution in [-0.2, 0) is 11.2 Å². The molecule has 2 aromatic rings. The van der Waals surface area contributed by atoms with E-state index in [4.69, 9.17) is 14.9 Å². The van der Waals surface area contributed by atoms with E-state index in [9.17, 15) is 14.4 Å². The van der Waals surface area contributed by atoms with Crippen LogP contribution in [0.4, 0.5) is 0 Å². The van der Waals surface area contributed by atoms with Crippen molar-refractivity contribution in [3.8, 4) is 5.75 Å². The van der Waals surface area contributed by atoms with Crippen LogP contribution < -0.4 is 4.74 Å². The highest BCUT2D eigenvalue weighted by Crippen LogP contribution is 2.18. The molecule has 0 unspecified atom stereocenters. The first kappa shape index (κ1) is 15.2. The van der Waals surface area contributed by atoms with Crippen LogP contribution in [0.25, 0.3) is 0 Å². The van der Waals surface area contributed by atoms with E-state index in [1.165, 1.54) is 30.5 Å². The van der Waals surface area contributed by atoms with Crippen LogP contribution in [-0.4, -0.2) is 33.1 Å². The minimum absolute atomic E-state index is 0.0452. The van der Waals surface area contributed by atoms with E-state index in [0.717, 1.165) is 6.20 Å². The lowest BCUT2D eigenvalue weighted by Gasteiger charge is -2.07. The van der Waals surface area contributed by atoms with Crippen molar-refractivity contribution in [2.75, 3.05) is 0 Å². The largest absolute Gasteiger partial charge is 0.478 e. The lowest BCUT2D eigenvalue weighted by Crippen LogP contribution is -2.14. The zero-order valence-corrected chi connectivity index (χ0v) is 11.2. The first-order chi connectivity index (χ1) is 10.5. The number of benzene rings is 1. The number of esters is 1. The molecule has 22 heavy (non-hydrogen) atoms. The predicted octanol–water partition coefficient (Wildman–Crippen LogP) is 1.63. The molecular weight excluding hydrogens is 290 g/mol. The molecule has 0 fully saturated rings. The van der Waals surface area contributed by atoms with Crippen LogP contribution >= 0.6 is 0 Å². The number of pyridine rings is 1. The number of aromatic nitrogens is 1. The van der Waals surface area contributed by atoms with Gasteiger partial charge >= 0.3 is 17.9 Å². The summed E-state index contributed by atoms with van der Waals surface area (Å²) in [5.74, 6) is -3.14. The standard InChI is InChI=1S/C15H11NO6/c17-13(6-9-5-10(14(18)19)8-16-7-9)22-12-4-2-1-3-11(12)15(20)21/h1-5,7-8H,6H2,(H,18,19)(H,20,21). The molecule has 1 aromatic heterocycles. The molecule has 0 amide bonds. The minimum Gasteiger partial charge on any atom is -0.478 e. The number of carbonyl (C=O) groups is 3. The highest BCUT2D eigenvalue weighted by atomic mass is 16.5. The Hall–Kier alpha value is -3.22. The average Bonchev–Trinajstić information content (AvgIpc) is 2.47. The smallest absolute Gasteiger partial charge is 0.339 e. The third-order valence-corrected chi connectivity index (χ3v) is 2.73. The quantitative estimate of drug-likeness (QED) is 0.637. The van der Waals surface area contributed by atoms with Gasteiger partial charge < -0.3 is 14.9 Å². The molecule has 0 saturated carbocycles. The van der Waals surface area contributed by atoms with Gasteiger partial charge in [0.2, 0.25) is 0 Å². The molecule has 0 spiro atoms. The Balaban J connectivity index is 2.12. The Morgan fingerprint density at radius 1 is 1.05 bits per heavy atom. The summed E-state index contributed by atoms with van der Waals surface area (Å²) in [5.41, 5.74) is 0.183. The molecule has 2 N–H and O–H groups in total. The highest BCUT2D eigenvalue weighted by molar-refractivity contribution is 5.92. The van der Waals surface area contributed by atoms with Crippen molar-refractivity contribution < 1.29 is 29.3 Å². The predicted molar refractivity (Wildman–Crippen MR) is 73.9 cm³/mol. The van der Waals surface area contributed by atoms with Gasteiger partial charge in [0.05, 0.1) is 12.0 Å². The van der Waals surface area contributed by atoms with Gasteiger partial charge in [-0.2, -0.15) is 0 Å². The Morgan fingerprint density at radius 2 is 1.77 bits per heavy atom. The van der Waals surface area contributed by atoms with Gasteiger partial charge in [0, 0.05) is 12.4 Å². The molecule has 2 rings (SSSR count). The van der Waals surface area contributed by atoms with Crippen LogP contribution in [0.2, 0.25) is 0 Å². The zero-order chi connectivity index (χ0) is 16.1. The number of nitrogens with zero attached hydrogens (tertiary/aromatic N) is 1. The third kappa shape index (κ3) is 3.66. The van der Waals surface area contributed by atoms with Gasteiger partial charge in [-0.15, -0.1) is 0 Å². The van der Waals surface area contributed by atoms with Crippen LogP contribution in [0.15, 0.2) is 42.7 Å². The van der Waals surface area contributed by atoms with E-state index < -0.39 is 17.9 Å². The van der Waals surface area contributed by atoms with Crippen molar-refractivity contribution in [2.24, 2.45) is 0 Å². The third-order valence-electron chi connectivity index (χ3n) is 2.73. The van der Waals surface area contributed by atoms with Crippen LogP contribution in [0.5, 0.6) is 5.75 Å². The number of hydrogen-bond donors (Lipinski definition) is 2. The first-order valence-electron chi connectivity index (χ1n) is 6.17. The van der Waals surface area contributed by atoms with Crippen LogP contribution in [0.3, 0.4) is 0 Å². The molecule has 1 aromatic carbocycles. The van der Waals surface area contributed by atoms with E-state index >= 15 is 0 Å². The number of carboxylic acid groups (broad SMARTS) is 2. The molecule has 0 saturated heterocycles. The molecule has 112 valence electrons. The van der Waals surface area contributed by atoms with Gasteiger partial charge in [-0.25, -0.2) is 9.59 Å². The Bertz CT molecular complexity index is 740. The number of para-hydroxylation sites is 1. The monoisotopic (exact) mass is 301 g/mol. The van der Waals surface area contributed by atoms with Crippen molar-refractivity contribution >= 4 is 17.9 Å². The van der Waals surface area contributed by atoms with Gasteiger partial charge in [-0.3, -0.25) is 9.78 Å². The van der Waals surface area contributed by atoms with Gasteiger partial charge in [0.15, 0.2) is 0 Å². The lowest BCUT2D eigenvalue weighted by atomic mass is 10.1. The maximum absolute atomic E-state index is 11.8. The molecule has 7 heteroatoms. The van der Waals surface area contributed by atoms with Crippen molar-refractivity contribution in [3.05, 3.63) is 59.4 Å². The van der Waals surface area contributed by atoms with Gasteiger partial charge in [-0.05, 0) is 23.8 Å². The number of carbonyl (C=O) groups excluding carboxylic acids is 1. The fourth-order valence-corrected chi connectivity index (χ4v) is 1.76. The van der Waals surface area contributed by atoms with Crippen LogP contribution in [0, 0.1) is 0 Å². The summed E-state index contributed by atoms with van der Waals surface area (Å²) in [7, 11) is 0. The molecule has 1 heterocycles. The van der Waals surface area contributed by atoms with E-state index in [-0.39, 0.29) is 23.3 Å². The van der Waals surface area contributed by atoms with Crippen molar-refractivity contribution in [2.45, 2.75) is 6.42 Å². The van der Waals surface area contributed by atoms with E-state index in [1.54, 1.807) is 6.07 Å². The SMILES string of the molecule is O=C(Cc1cncc(C(=O)O)c1)Oc1ccccc1C(=O)O. The second-order valence-corrected chi connectivity index (χ2v) is 4.34. The molecule has 0 radical (unpaired) electrons. The molecule has 0 aliphatic heterocycles. The topological polar surface area (TPSA) is 114 Å². The maximum Gasteiger partial charge on any atom is 0.339 e. The van der Waals surface area contributed by atoms with Crippen LogP contribution in [0.1, 0.15) is 26.3 Å². The Kier molecular flexibility index (Phi) is 4.47. The second kappa shape index (κ2) is 6.49. The number of carboxylic acids is 2. The van der Waals surface area contributed by atoms with Gasteiger partial charge in [0.1, 0.15) is 11.3 Å². The summed E-state index contributed by atoms with van der Waals surface area (Å²) in [6, 6.07) is 7.05. The number of aromatic carboxylic acids is 2. The van der Waals surface area contributed by atoms with Crippen molar-refractivity contribution in [3.63, 3.8) is 0 Å². The molecule has 0 aliphatic rings. The summed E-state index contributed by atoms with van der Waals surface area (Å²) in [5, 5.41) is 17.9. The molecular formula is C15H11NO6. The Labute approximate surface area is 124 Å². The lowest BCUT2D eigenvalue weighted by molar-refractivity contribution is -0.133. The number of ether oxygens (including phenoxy) is 1. The summed E-state index contributed by atoms with van der Waals surface area (Å²) in [4.78, 5) is 37.4. The van der Waals surface area contributed by atoms with Crippen molar-refractivity contribution in [1.29, 1.82) is 0 Å². The fraction of sp³-hybridized carbons (Fsp3) is 0.0667. The maximum atomic E-state index is 11.8.